The van der Waals surface area contributed by atoms with Crippen molar-refractivity contribution in [3.8, 4) is 5.75 Å². The van der Waals surface area contributed by atoms with Crippen LogP contribution in [0.15, 0.2) is 60.3 Å². The lowest BCUT2D eigenvalue weighted by Crippen LogP contribution is -2.56. The Kier molecular flexibility index (Phi) is 4.33. The molecule has 1 aliphatic rings. The third kappa shape index (κ3) is 3.30. The Hall–Kier alpha value is -3.08. The van der Waals surface area contributed by atoms with E-state index < -0.39 is 6.04 Å². The van der Waals surface area contributed by atoms with Crippen LogP contribution in [0.3, 0.4) is 0 Å². The lowest BCUT2D eigenvalue weighted by molar-refractivity contribution is -0.138. The van der Waals surface area contributed by atoms with E-state index in [1.165, 1.54) is 17.0 Å². The molecule has 2 aromatic rings. The summed E-state index contributed by atoms with van der Waals surface area (Å²) in [7, 11) is 1.60. The van der Waals surface area contributed by atoms with Crippen molar-refractivity contribution in [3.05, 3.63) is 71.4 Å². The van der Waals surface area contributed by atoms with Gasteiger partial charge in [0.1, 0.15) is 17.5 Å². The second-order valence-corrected chi connectivity index (χ2v) is 5.73. The average molecular weight is 322 g/mol. The zero-order valence-corrected chi connectivity index (χ0v) is 13.3. The molecule has 24 heavy (non-hydrogen) atoms. The van der Waals surface area contributed by atoms with Gasteiger partial charge in [0.2, 0.25) is 5.91 Å². The number of carbonyl (C=O) groups excluding carboxylic acids is 2. The summed E-state index contributed by atoms with van der Waals surface area (Å²) in [6.45, 7) is 0. The Labute approximate surface area is 140 Å². The van der Waals surface area contributed by atoms with E-state index in [-0.39, 0.29) is 23.3 Å². The fourth-order valence-electron chi connectivity index (χ4n) is 2.68. The first-order chi connectivity index (χ1) is 11.5. The van der Waals surface area contributed by atoms with Crippen LogP contribution in [0.25, 0.3) is 6.08 Å². The van der Waals surface area contributed by atoms with Crippen LogP contribution in [0.5, 0.6) is 5.75 Å². The molecule has 1 atom stereocenters. The first-order valence-electron chi connectivity index (χ1n) is 7.67. The highest BCUT2D eigenvalue weighted by Crippen LogP contribution is 2.19. The SMILES string of the molecule is CN1C(=O)C(Cc2ccccc2)NC(=O)C1=Cc1ccc(O)cc1. The van der Waals surface area contributed by atoms with Gasteiger partial charge in [-0.3, -0.25) is 9.59 Å². The van der Waals surface area contributed by atoms with Gasteiger partial charge in [0.05, 0.1) is 0 Å². The zero-order chi connectivity index (χ0) is 17.1. The van der Waals surface area contributed by atoms with Crippen LogP contribution in [-0.2, 0) is 16.0 Å². The van der Waals surface area contributed by atoms with E-state index in [2.05, 4.69) is 5.32 Å². The van der Waals surface area contributed by atoms with E-state index in [4.69, 9.17) is 0 Å². The molecule has 0 bridgehead atoms. The third-order valence-corrected chi connectivity index (χ3v) is 4.01. The van der Waals surface area contributed by atoms with Crippen molar-refractivity contribution in [3.63, 3.8) is 0 Å². The van der Waals surface area contributed by atoms with Crippen molar-refractivity contribution in [2.45, 2.75) is 12.5 Å². The van der Waals surface area contributed by atoms with Gasteiger partial charge in [-0.15, -0.1) is 0 Å². The van der Waals surface area contributed by atoms with E-state index in [0.717, 1.165) is 11.1 Å². The van der Waals surface area contributed by atoms with Gasteiger partial charge in [-0.05, 0) is 29.3 Å². The van der Waals surface area contributed by atoms with Crippen LogP contribution in [0.4, 0.5) is 0 Å². The van der Waals surface area contributed by atoms with Gasteiger partial charge in [-0.25, -0.2) is 0 Å². The number of nitrogens with zero attached hydrogens (tertiary/aromatic N) is 1. The van der Waals surface area contributed by atoms with Crippen LogP contribution in [0.1, 0.15) is 11.1 Å². The Morgan fingerprint density at radius 2 is 1.75 bits per heavy atom. The van der Waals surface area contributed by atoms with Crippen LogP contribution >= 0.6 is 0 Å². The van der Waals surface area contributed by atoms with E-state index in [1.807, 2.05) is 30.3 Å². The monoisotopic (exact) mass is 322 g/mol. The minimum absolute atomic E-state index is 0.150. The molecule has 1 heterocycles. The highest BCUT2D eigenvalue weighted by atomic mass is 16.3. The molecule has 2 amide bonds. The highest BCUT2D eigenvalue weighted by molar-refractivity contribution is 6.07. The van der Waals surface area contributed by atoms with E-state index in [0.29, 0.717) is 6.42 Å². The highest BCUT2D eigenvalue weighted by Gasteiger charge is 2.34. The third-order valence-electron chi connectivity index (χ3n) is 4.01. The maximum absolute atomic E-state index is 12.6. The summed E-state index contributed by atoms with van der Waals surface area (Å²) in [6, 6.07) is 15.5. The number of piperazine rings is 1. The molecule has 2 aromatic carbocycles. The molecule has 5 nitrogen and oxygen atoms in total. The topological polar surface area (TPSA) is 69.6 Å². The number of likely N-dealkylation sites (N-methyl/N-ethyl adjacent to an activating group) is 1. The molecule has 1 aliphatic heterocycles. The Bertz CT molecular complexity index is 782. The van der Waals surface area contributed by atoms with Gasteiger partial charge in [-0.2, -0.15) is 0 Å². The van der Waals surface area contributed by atoms with Crippen LogP contribution in [0.2, 0.25) is 0 Å². The van der Waals surface area contributed by atoms with E-state index >= 15 is 0 Å². The number of carbonyl (C=O) groups is 2. The van der Waals surface area contributed by atoms with Crippen molar-refractivity contribution in [1.82, 2.24) is 10.2 Å². The fourth-order valence-corrected chi connectivity index (χ4v) is 2.68. The summed E-state index contributed by atoms with van der Waals surface area (Å²) in [5, 5.41) is 12.1. The maximum atomic E-state index is 12.6. The molecule has 0 spiro atoms. The molecule has 5 heteroatoms. The van der Waals surface area contributed by atoms with Gasteiger partial charge in [-0.1, -0.05) is 42.5 Å². The van der Waals surface area contributed by atoms with Gasteiger partial charge in [0, 0.05) is 13.5 Å². The fraction of sp³-hybridized carbons (Fsp3) is 0.158. The van der Waals surface area contributed by atoms with E-state index in [1.54, 1.807) is 25.3 Å². The van der Waals surface area contributed by atoms with Gasteiger partial charge in [0.15, 0.2) is 0 Å². The molecule has 1 unspecified atom stereocenters. The molecular weight excluding hydrogens is 304 g/mol. The largest absolute Gasteiger partial charge is 0.508 e. The average Bonchev–Trinajstić information content (AvgIpc) is 2.59. The summed E-state index contributed by atoms with van der Waals surface area (Å²) in [5.74, 6) is -0.285. The van der Waals surface area contributed by atoms with Crippen molar-refractivity contribution in [1.29, 1.82) is 0 Å². The summed E-state index contributed by atoms with van der Waals surface area (Å²) in [4.78, 5) is 26.3. The number of aromatic hydroxyl groups is 1. The zero-order valence-electron chi connectivity index (χ0n) is 13.3. The molecule has 0 aromatic heterocycles. The predicted octanol–water partition coefficient (Wildman–Crippen LogP) is 1.93. The lowest BCUT2D eigenvalue weighted by Gasteiger charge is -2.32. The van der Waals surface area contributed by atoms with Crippen LogP contribution in [-0.4, -0.2) is 34.9 Å². The second kappa shape index (κ2) is 6.58. The van der Waals surface area contributed by atoms with Crippen LogP contribution in [0, 0.1) is 0 Å². The minimum atomic E-state index is -0.568. The summed E-state index contributed by atoms with van der Waals surface area (Å²) >= 11 is 0. The predicted molar refractivity (Wildman–Crippen MR) is 90.9 cm³/mol. The second-order valence-electron chi connectivity index (χ2n) is 5.73. The first kappa shape index (κ1) is 15.8. The number of phenolic OH excluding ortho intramolecular Hbond substituents is 1. The summed E-state index contributed by atoms with van der Waals surface area (Å²) in [5.41, 5.74) is 2.02. The number of hydrogen-bond donors (Lipinski definition) is 2. The number of benzene rings is 2. The summed E-state index contributed by atoms with van der Waals surface area (Å²) < 4.78 is 0. The Morgan fingerprint density at radius 3 is 2.42 bits per heavy atom. The minimum Gasteiger partial charge on any atom is -0.508 e. The molecule has 0 aliphatic carbocycles. The Morgan fingerprint density at radius 1 is 1.08 bits per heavy atom. The quantitative estimate of drug-likeness (QED) is 0.849. The Balaban J connectivity index is 1.80. The normalized spacial score (nSPS) is 19.5. The van der Waals surface area contributed by atoms with Crippen LogP contribution < -0.4 is 5.32 Å². The van der Waals surface area contributed by atoms with Gasteiger partial charge in [0.25, 0.3) is 5.91 Å². The first-order valence-corrected chi connectivity index (χ1v) is 7.67. The van der Waals surface area contributed by atoms with Crippen molar-refractivity contribution in [2.24, 2.45) is 0 Å². The number of nitrogens with one attached hydrogen (secondary N) is 1. The molecule has 0 radical (unpaired) electrons. The molecule has 1 fully saturated rings. The number of phenols is 1. The molecule has 2 N–H and O–H groups in total. The molecule has 122 valence electrons. The lowest BCUT2D eigenvalue weighted by atomic mass is 10.0. The van der Waals surface area contributed by atoms with Gasteiger partial charge < -0.3 is 15.3 Å². The molecule has 1 saturated heterocycles. The maximum Gasteiger partial charge on any atom is 0.268 e. The number of hydrogen-bond acceptors (Lipinski definition) is 3. The van der Waals surface area contributed by atoms with Crippen molar-refractivity contribution in [2.75, 3.05) is 7.05 Å². The number of amides is 2. The standard InChI is InChI=1S/C19H18N2O3/c1-21-17(12-14-7-9-15(22)10-8-14)18(23)20-16(19(21)24)11-13-5-3-2-4-6-13/h2-10,12,16,22H,11H2,1H3,(H,20,23). The van der Waals surface area contributed by atoms with Crippen molar-refractivity contribution >= 4 is 17.9 Å². The molecular formula is C19H18N2O3. The molecule has 0 saturated carbocycles. The smallest absolute Gasteiger partial charge is 0.268 e. The van der Waals surface area contributed by atoms with E-state index in [9.17, 15) is 14.7 Å². The molecule has 3 rings (SSSR count). The van der Waals surface area contributed by atoms with Gasteiger partial charge >= 0.3 is 0 Å². The summed E-state index contributed by atoms with van der Waals surface area (Å²) in [6.07, 6.45) is 2.09. The van der Waals surface area contributed by atoms with Crippen molar-refractivity contribution < 1.29 is 14.7 Å². The number of rotatable bonds is 3.